The van der Waals surface area contributed by atoms with Gasteiger partial charge in [-0.3, -0.25) is 9.59 Å². The van der Waals surface area contributed by atoms with Gasteiger partial charge in [-0.15, -0.1) is 0 Å². The molecule has 0 spiro atoms. The molecule has 0 bridgehead atoms. The molecule has 1 fully saturated rings. The normalized spacial score (nSPS) is 13.3. The number of carbonyl (C=O) groups excluding carboxylic acids is 2. The molecule has 1 saturated heterocycles. The first-order valence-corrected chi connectivity index (χ1v) is 10.6. The third kappa shape index (κ3) is 5.72. The van der Waals surface area contributed by atoms with Crippen molar-refractivity contribution in [1.29, 1.82) is 0 Å². The molecule has 3 aromatic carbocycles. The summed E-state index contributed by atoms with van der Waals surface area (Å²) in [5, 5.41) is 2.97. The van der Waals surface area contributed by atoms with Gasteiger partial charge in [0.25, 0.3) is 5.91 Å². The Kier molecular flexibility index (Phi) is 6.62. The van der Waals surface area contributed by atoms with Gasteiger partial charge in [-0.25, -0.2) is 0 Å². The highest BCUT2D eigenvalue weighted by Gasteiger charge is 2.20. The number of carbonyl (C=O) groups is 2. The maximum Gasteiger partial charge on any atom is 0.251 e. The number of rotatable bonds is 8. The van der Waals surface area contributed by atoms with Gasteiger partial charge >= 0.3 is 0 Å². The van der Waals surface area contributed by atoms with Crippen molar-refractivity contribution in [3.63, 3.8) is 0 Å². The Morgan fingerprint density at radius 1 is 0.903 bits per heavy atom. The van der Waals surface area contributed by atoms with Gasteiger partial charge in [-0.05, 0) is 47.4 Å². The molecule has 0 aliphatic carbocycles. The molecule has 1 aliphatic rings. The minimum Gasteiger partial charge on any atom is -0.489 e. The first kappa shape index (κ1) is 20.7. The van der Waals surface area contributed by atoms with Crippen LogP contribution in [0.1, 0.15) is 39.9 Å². The molecule has 0 atom stereocenters. The van der Waals surface area contributed by atoms with Crippen LogP contribution in [0.3, 0.4) is 0 Å². The van der Waals surface area contributed by atoms with E-state index in [0.717, 1.165) is 35.4 Å². The fourth-order valence-electron chi connectivity index (χ4n) is 3.65. The molecule has 31 heavy (non-hydrogen) atoms. The summed E-state index contributed by atoms with van der Waals surface area (Å²) in [5.74, 6) is 0.923. The SMILES string of the molecule is O=C(NCc1cccc(COc2ccccc2)c1)c1ccc(CN2CCCC2=O)cc1. The second-order valence-corrected chi connectivity index (χ2v) is 7.72. The second-order valence-electron chi connectivity index (χ2n) is 7.72. The smallest absolute Gasteiger partial charge is 0.251 e. The molecule has 2 amide bonds. The van der Waals surface area contributed by atoms with Crippen molar-refractivity contribution >= 4 is 11.8 Å². The molecule has 4 rings (SSSR count). The van der Waals surface area contributed by atoms with Gasteiger partial charge in [0.15, 0.2) is 0 Å². The quantitative estimate of drug-likeness (QED) is 0.597. The topological polar surface area (TPSA) is 58.6 Å². The van der Waals surface area contributed by atoms with Crippen molar-refractivity contribution in [3.8, 4) is 5.75 Å². The van der Waals surface area contributed by atoms with Gasteiger partial charge in [0, 0.05) is 31.6 Å². The van der Waals surface area contributed by atoms with Crippen LogP contribution < -0.4 is 10.1 Å². The number of nitrogens with one attached hydrogen (secondary N) is 1. The van der Waals surface area contributed by atoms with E-state index in [4.69, 9.17) is 4.74 Å². The fraction of sp³-hybridized carbons (Fsp3) is 0.231. The summed E-state index contributed by atoms with van der Waals surface area (Å²) < 4.78 is 5.80. The van der Waals surface area contributed by atoms with Gasteiger partial charge in [0.05, 0.1) is 0 Å². The number of ether oxygens (including phenoxy) is 1. The van der Waals surface area contributed by atoms with Crippen molar-refractivity contribution in [2.24, 2.45) is 0 Å². The number of likely N-dealkylation sites (tertiary alicyclic amines) is 1. The van der Waals surface area contributed by atoms with E-state index >= 15 is 0 Å². The van der Waals surface area contributed by atoms with Crippen molar-refractivity contribution in [1.82, 2.24) is 10.2 Å². The molecular weight excluding hydrogens is 388 g/mol. The van der Waals surface area contributed by atoms with Crippen molar-refractivity contribution in [2.45, 2.75) is 32.5 Å². The molecule has 0 aromatic heterocycles. The van der Waals surface area contributed by atoms with Crippen LogP contribution in [0, 0.1) is 0 Å². The maximum absolute atomic E-state index is 12.5. The second kappa shape index (κ2) is 9.94. The molecule has 0 saturated carbocycles. The van der Waals surface area contributed by atoms with Crippen LogP contribution in [0.4, 0.5) is 0 Å². The molecule has 3 aromatic rings. The first-order chi connectivity index (χ1) is 15.2. The number of benzene rings is 3. The van der Waals surface area contributed by atoms with Crippen LogP contribution in [0.25, 0.3) is 0 Å². The molecule has 5 heteroatoms. The highest BCUT2D eigenvalue weighted by Crippen LogP contribution is 2.15. The van der Waals surface area contributed by atoms with E-state index < -0.39 is 0 Å². The van der Waals surface area contributed by atoms with E-state index in [1.807, 2.05) is 83.8 Å². The Morgan fingerprint density at radius 2 is 1.68 bits per heavy atom. The summed E-state index contributed by atoms with van der Waals surface area (Å²) in [6, 6.07) is 25.2. The molecule has 1 aliphatic heterocycles. The summed E-state index contributed by atoms with van der Waals surface area (Å²) in [7, 11) is 0. The predicted octanol–water partition coefficient (Wildman–Crippen LogP) is 4.32. The molecule has 0 unspecified atom stereocenters. The van der Waals surface area contributed by atoms with Gasteiger partial charge < -0.3 is 15.0 Å². The number of amides is 2. The Morgan fingerprint density at radius 3 is 2.42 bits per heavy atom. The van der Waals surface area contributed by atoms with E-state index in [-0.39, 0.29) is 11.8 Å². The lowest BCUT2D eigenvalue weighted by Gasteiger charge is -2.15. The summed E-state index contributed by atoms with van der Waals surface area (Å²) in [4.78, 5) is 26.2. The summed E-state index contributed by atoms with van der Waals surface area (Å²) in [5.41, 5.74) is 3.72. The van der Waals surface area contributed by atoms with Crippen LogP contribution in [-0.2, 0) is 24.5 Å². The van der Waals surface area contributed by atoms with E-state index in [9.17, 15) is 9.59 Å². The van der Waals surface area contributed by atoms with E-state index in [1.165, 1.54) is 0 Å². The Hall–Kier alpha value is -3.60. The largest absolute Gasteiger partial charge is 0.489 e. The van der Waals surface area contributed by atoms with Gasteiger partial charge in [0.1, 0.15) is 12.4 Å². The zero-order valence-electron chi connectivity index (χ0n) is 17.4. The van der Waals surface area contributed by atoms with E-state index in [1.54, 1.807) is 0 Å². The monoisotopic (exact) mass is 414 g/mol. The van der Waals surface area contributed by atoms with Crippen LogP contribution in [-0.4, -0.2) is 23.3 Å². The molecule has 5 nitrogen and oxygen atoms in total. The number of hydrogen-bond acceptors (Lipinski definition) is 3. The highest BCUT2D eigenvalue weighted by molar-refractivity contribution is 5.94. The molecule has 1 heterocycles. The lowest BCUT2D eigenvalue weighted by Crippen LogP contribution is -2.24. The highest BCUT2D eigenvalue weighted by atomic mass is 16.5. The lowest BCUT2D eigenvalue weighted by molar-refractivity contribution is -0.128. The maximum atomic E-state index is 12.5. The minimum atomic E-state index is -0.116. The molecule has 1 N–H and O–H groups in total. The third-order valence-corrected chi connectivity index (χ3v) is 5.35. The Labute approximate surface area is 182 Å². The predicted molar refractivity (Wildman–Crippen MR) is 119 cm³/mol. The minimum absolute atomic E-state index is 0.116. The van der Waals surface area contributed by atoms with Crippen LogP contribution in [0.5, 0.6) is 5.75 Å². The first-order valence-electron chi connectivity index (χ1n) is 10.6. The molecular formula is C26H26N2O3. The molecule has 0 radical (unpaired) electrons. The zero-order valence-corrected chi connectivity index (χ0v) is 17.4. The van der Waals surface area contributed by atoms with Crippen molar-refractivity contribution in [2.75, 3.05) is 6.54 Å². The van der Waals surface area contributed by atoms with Crippen LogP contribution in [0.15, 0.2) is 78.9 Å². The summed E-state index contributed by atoms with van der Waals surface area (Å²) >= 11 is 0. The number of para-hydroxylation sites is 1. The average molecular weight is 415 g/mol. The summed E-state index contributed by atoms with van der Waals surface area (Å²) in [6.07, 6.45) is 1.57. The summed E-state index contributed by atoms with van der Waals surface area (Å²) in [6.45, 7) is 2.35. The van der Waals surface area contributed by atoms with Gasteiger partial charge in [-0.2, -0.15) is 0 Å². The van der Waals surface area contributed by atoms with Crippen LogP contribution >= 0.6 is 0 Å². The lowest BCUT2D eigenvalue weighted by atomic mass is 10.1. The standard InChI is InChI=1S/C26H26N2O3/c29-25-10-5-15-28(25)18-20-11-13-23(14-12-20)26(30)27-17-21-6-4-7-22(16-21)19-31-24-8-2-1-3-9-24/h1-4,6-9,11-14,16H,5,10,15,17-19H2,(H,27,30). The van der Waals surface area contributed by atoms with Crippen molar-refractivity contribution in [3.05, 3.63) is 101 Å². The average Bonchev–Trinajstić information content (AvgIpc) is 3.22. The van der Waals surface area contributed by atoms with E-state index in [0.29, 0.717) is 31.7 Å². The third-order valence-electron chi connectivity index (χ3n) is 5.35. The van der Waals surface area contributed by atoms with Crippen molar-refractivity contribution < 1.29 is 14.3 Å². The Balaban J connectivity index is 1.28. The van der Waals surface area contributed by atoms with Gasteiger partial charge in [0.2, 0.25) is 5.91 Å². The Bertz CT molecular complexity index is 1030. The fourth-order valence-corrected chi connectivity index (χ4v) is 3.65. The number of hydrogen-bond donors (Lipinski definition) is 1. The molecule has 158 valence electrons. The van der Waals surface area contributed by atoms with Crippen LogP contribution in [0.2, 0.25) is 0 Å². The van der Waals surface area contributed by atoms with Gasteiger partial charge in [-0.1, -0.05) is 54.6 Å². The van der Waals surface area contributed by atoms with E-state index in [2.05, 4.69) is 5.32 Å². The zero-order chi connectivity index (χ0) is 21.5. The number of nitrogens with zero attached hydrogens (tertiary/aromatic N) is 1.